The van der Waals surface area contributed by atoms with E-state index in [4.69, 9.17) is 19.2 Å². The maximum absolute atomic E-state index is 10.7. The standard InChI is InChI=1S/C14H18BNO5/c1-8-4-5-9-12-11(8)10(6-16-13(17)18)20-15(12)21-14(2,3)7-19-9/h4-5,10,16H,6-7H2,1-3H3,(H,17,18). The lowest BCUT2D eigenvalue weighted by molar-refractivity contribution is 0.0272. The van der Waals surface area contributed by atoms with Gasteiger partial charge >= 0.3 is 13.2 Å². The van der Waals surface area contributed by atoms with Crippen LogP contribution in [0.15, 0.2) is 12.1 Å². The molecule has 1 amide bonds. The summed E-state index contributed by atoms with van der Waals surface area (Å²) in [6.07, 6.45) is -1.43. The Kier molecular flexibility index (Phi) is 3.34. The molecule has 0 radical (unpaired) electrons. The molecule has 0 saturated heterocycles. The molecule has 0 saturated carbocycles. The molecule has 21 heavy (non-hydrogen) atoms. The number of nitrogens with one attached hydrogen (secondary N) is 1. The Morgan fingerprint density at radius 3 is 3.00 bits per heavy atom. The lowest BCUT2D eigenvalue weighted by atomic mass is 9.76. The highest BCUT2D eigenvalue weighted by atomic mass is 16.6. The second-order valence-electron chi connectivity index (χ2n) is 6.02. The molecule has 1 unspecified atom stereocenters. The molecular weight excluding hydrogens is 273 g/mol. The second-order valence-corrected chi connectivity index (χ2v) is 6.02. The monoisotopic (exact) mass is 291 g/mol. The quantitative estimate of drug-likeness (QED) is 0.801. The fourth-order valence-corrected chi connectivity index (χ4v) is 2.80. The van der Waals surface area contributed by atoms with Gasteiger partial charge < -0.3 is 24.5 Å². The summed E-state index contributed by atoms with van der Waals surface area (Å²) in [5.41, 5.74) is 2.42. The van der Waals surface area contributed by atoms with Crippen molar-refractivity contribution in [3.63, 3.8) is 0 Å². The van der Waals surface area contributed by atoms with E-state index < -0.39 is 18.8 Å². The predicted octanol–water partition coefficient (Wildman–Crippen LogP) is 1.22. The van der Waals surface area contributed by atoms with Crippen LogP contribution in [0.1, 0.15) is 31.1 Å². The van der Waals surface area contributed by atoms with Gasteiger partial charge in [-0.2, -0.15) is 0 Å². The number of benzene rings is 1. The molecule has 112 valence electrons. The molecule has 3 rings (SSSR count). The van der Waals surface area contributed by atoms with E-state index in [9.17, 15) is 4.79 Å². The van der Waals surface area contributed by atoms with Crippen LogP contribution in [0.3, 0.4) is 0 Å². The Morgan fingerprint density at radius 1 is 1.52 bits per heavy atom. The first-order valence-electron chi connectivity index (χ1n) is 6.94. The highest BCUT2D eigenvalue weighted by Gasteiger charge is 2.46. The van der Waals surface area contributed by atoms with Crippen LogP contribution < -0.4 is 15.5 Å². The third kappa shape index (κ3) is 2.58. The molecule has 2 heterocycles. The predicted molar refractivity (Wildman–Crippen MR) is 77.1 cm³/mol. The lowest BCUT2D eigenvalue weighted by Gasteiger charge is -2.25. The van der Waals surface area contributed by atoms with E-state index in [0.29, 0.717) is 6.61 Å². The minimum atomic E-state index is -1.07. The topological polar surface area (TPSA) is 77.0 Å². The van der Waals surface area contributed by atoms with Gasteiger partial charge in [0.25, 0.3) is 0 Å². The van der Waals surface area contributed by atoms with E-state index >= 15 is 0 Å². The van der Waals surface area contributed by atoms with Crippen molar-refractivity contribution in [2.45, 2.75) is 32.5 Å². The van der Waals surface area contributed by atoms with Gasteiger partial charge in [-0.1, -0.05) is 6.07 Å². The normalized spacial score (nSPS) is 22.2. The van der Waals surface area contributed by atoms with Gasteiger partial charge in [0, 0.05) is 12.0 Å². The summed E-state index contributed by atoms with van der Waals surface area (Å²) in [5, 5.41) is 11.2. The SMILES string of the molecule is Cc1ccc2c3c1C(CNC(=O)O)OB3OC(C)(C)CO2. The Bertz CT molecular complexity index is 589. The van der Waals surface area contributed by atoms with Gasteiger partial charge in [0.15, 0.2) is 0 Å². The van der Waals surface area contributed by atoms with E-state index in [2.05, 4.69) is 5.32 Å². The molecule has 2 aliphatic heterocycles. The molecule has 0 aliphatic carbocycles. The van der Waals surface area contributed by atoms with Gasteiger partial charge in [-0.25, -0.2) is 4.79 Å². The van der Waals surface area contributed by atoms with Crippen LogP contribution in [0.2, 0.25) is 0 Å². The van der Waals surface area contributed by atoms with Crippen LogP contribution in [0, 0.1) is 6.92 Å². The number of aryl methyl sites for hydroxylation is 1. The summed E-state index contributed by atoms with van der Waals surface area (Å²) in [6, 6.07) is 3.88. The van der Waals surface area contributed by atoms with Crippen molar-refractivity contribution < 1.29 is 23.9 Å². The molecule has 0 bridgehead atoms. The summed E-state index contributed by atoms with van der Waals surface area (Å²) in [4.78, 5) is 10.7. The van der Waals surface area contributed by atoms with Crippen LogP contribution in [0.25, 0.3) is 0 Å². The first-order chi connectivity index (χ1) is 9.87. The molecule has 6 nitrogen and oxygen atoms in total. The molecule has 2 N–H and O–H groups in total. The Hall–Kier alpha value is -1.73. The number of hydrogen-bond donors (Lipinski definition) is 2. The van der Waals surface area contributed by atoms with E-state index in [1.807, 2.05) is 32.9 Å². The number of amides is 1. The average molecular weight is 291 g/mol. The van der Waals surface area contributed by atoms with Crippen molar-refractivity contribution in [2.75, 3.05) is 13.2 Å². The fraction of sp³-hybridized carbons (Fsp3) is 0.500. The smallest absolute Gasteiger partial charge is 0.491 e. The molecule has 0 fully saturated rings. The molecule has 1 aromatic carbocycles. The number of rotatable bonds is 2. The van der Waals surface area contributed by atoms with Crippen LogP contribution in [0.4, 0.5) is 4.79 Å². The molecular formula is C14H18BNO5. The van der Waals surface area contributed by atoms with E-state index in [0.717, 1.165) is 22.3 Å². The van der Waals surface area contributed by atoms with Crippen molar-refractivity contribution in [3.05, 3.63) is 23.3 Å². The Balaban J connectivity index is 1.99. The Morgan fingerprint density at radius 2 is 2.29 bits per heavy atom. The fourth-order valence-electron chi connectivity index (χ4n) is 2.80. The van der Waals surface area contributed by atoms with E-state index in [1.54, 1.807) is 0 Å². The van der Waals surface area contributed by atoms with Gasteiger partial charge in [0.05, 0.1) is 11.7 Å². The van der Waals surface area contributed by atoms with Crippen molar-refractivity contribution >= 4 is 18.7 Å². The number of carboxylic acid groups (broad SMARTS) is 1. The van der Waals surface area contributed by atoms with Crippen molar-refractivity contribution in [1.82, 2.24) is 5.32 Å². The highest BCUT2D eigenvalue weighted by Crippen LogP contribution is 2.34. The van der Waals surface area contributed by atoms with Crippen LogP contribution in [0.5, 0.6) is 5.75 Å². The molecule has 1 atom stereocenters. The minimum absolute atomic E-state index is 0.187. The first-order valence-corrected chi connectivity index (χ1v) is 6.94. The summed E-state index contributed by atoms with van der Waals surface area (Å²) < 4.78 is 17.8. The van der Waals surface area contributed by atoms with E-state index in [-0.39, 0.29) is 12.6 Å². The van der Waals surface area contributed by atoms with Crippen LogP contribution in [-0.4, -0.2) is 37.1 Å². The lowest BCUT2D eigenvalue weighted by Crippen LogP contribution is -2.40. The summed E-state index contributed by atoms with van der Waals surface area (Å²) in [6.45, 7) is 6.49. The summed E-state index contributed by atoms with van der Waals surface area (Å²) in [7, 11) is -0.520. The zero-order chi connectivity index (χ0) is 15.2. The summed E-state index contributed by atoms with van der Waals surface area (Å²) >= 11 is 0. The van der Waals surface area contributed by atoms with Crippen molar-refractivity contribution in [3.8, 4) is 5.75 Å². The minimum Gasteiger partial charge on any atom is -0.491 e. The molecule has 0 aromatic heterocycles. The highest BCUT2D eigenvalue weighted by molar-refractivity contribution is 6.64. The van der Waals surface area contributed by atoms with Gasteiger partial charge in [0.1, 0.15) is 12.4 Å². The third-order valence-corrected chi connectivity index (χ3v) is 3.75. The number of ether oxygens (including phenoxy) is 1. The third-order valence-electron chi connectivity index (χ3n) is 3.75. The van der Waals surface area contributed by atoms with Crippen LogP contribution in [-0.2, 0) is 9.31 Å². The first kappa shape index (κ1) is 14.2. The molecule has 1 aromatic rings. The molecule has 7 heteroatoms. The van der Waals surface area contributed by atoms with Crippen molar-refractivity contribution in [2.24, 2.45) is 0 Å². The summed E-state index contributed by atoms with van der Waals surface area (Å²) in [5.74, 6) is 0.754. The maximum atomic E-state index is 10.7. The van der Waals surface area contributed by atoms with Gasteiger partial charge in [-0.15, -0.1) is 0 Å². The maximum Gasteiger partial charge on any atom is 0.499 e. The van der Waals surface area contributed by atoms with E-state index in [1.165, 1.54) is 0 Å². The zero-order valence-electron chi connectivity index (χ0n) is 12.3. The van der Waals surface area contributed by atoms with Gasteiger partial charge in [-0.05, 0) is 38.0 Å². The Labute approximate surface area is 123 Å². The second kappa shape index (κ2) is 4.93. The van der Waals surface area contributed by atoms with Crippen LogP contribution >= 0.6 is 0 Å². The average Bonchev–Trinajstić information content (AvgIpc) is 2.68. The number of hydrogen-bond acceptors (Lipinski definition) is 4. The molecule has 0 spiro atoms. The van der Waals surface area contributed by atoms with Gasteiger partial charge in [0.2, 0.25) is 0 Å². The largest absolute Gasteiger partial charge is 0.499 e. The van der Waals surface area contributed by atoms with Crippen molar-refractivity contribution in [1.29, 1.82) is 0 Å². The zero-order valence-corrected chi connectivity index (χ0v) is 12.3. The number of carbonyl (C=O) groups is 1. The molecule has 2 aliphatic rings. The van der Waals surface area contributed by atoms with Gasteiger partial charge in [-0.3, -0.25) is 0 Å².